The first-order valence-corrected chi connectivity index (χ1v) is 8.99. The molecule has 4 aromatic rings. The van der Waals surface area contributed by atoms with Crippen LogP contribution >= 0.6 is 0 Å². The minimum atomic E-state index is -1.21. The van der Waals surface area contributed by atoms with E-state index in [0.717, 1.165) is 21.5 Å². The topological polar surface area (TPSA) is 74.6 Å². The van der Waals surface area contributed by atoms with E-state index in [1.807, 2.05) is 60.7 Å². The van der Waals surface area contributed by atoms with E-state index in [1.54, 1.807) is 24.3 Å². The molecule has 4 heteroatoms. The third kappa shape index (κ3) is 2.99. The molecule has 0 aliphatic rings. The Labute approximate surface area is 161 Å². The molecule has 28 heavy (non-hydrogen) atoms. The molecule has 2 unspecified atom stereocenters. The first-order valence-electron chi connectivity index (χ1n) is 8.99. The molecule has 138 valence electrons. The average molecular weight is 370 g/mol. The van der Waals surface area contributed by atoms with Gasteiger partial charge in [0.1, 0.15) is 0 Å². The highest BCUT2D eigenvalue weighted by molar-refractivity contribution is 5.98. The largest absolute Gasteiger partial charge is 0.481 e. The first-order chi connectivity index (χ1) is 13.6. The summed E-state index contributed by atoms with van der Waals surface area (Å²) >= 11 is 0. The molecule has 0 spiro atoms. The minimum Gasteiger partial charge on any atom is -0.481 e. The molecular formula is C24H18O4. The van der Waals surface area contributed by atoms with Gasteiger partial charge in [-0.05, 0) is 32.7 Å². The summed E-state index contributed by atoms with van der Waals surface area (Å²) in [5.74, 6) is -4.74. The summed E-state index contributed by atoms with van der Waals surface area (Å²) in [6.07, 6.45) is 0. The van der Waals surface area contributed by atoms with E-state index < -0.39 is 23.8 Å². The second-order valence-corrected chi connectivity index (χ2v) is 6.77. The Hall–Kier alpha value is -3.66. The monoisotopic (exact) mass is 370 g/mol. The number of rotatable bonds is 5. The van der Waals surface area contributed by atoms with Crippen molar-refractivity contribution in [3.8, 4) is 0 Å². The second-order valence-electron chi connectivity index (χ2n) is 6.77. The van der Waals surface area contributed by atoms with Gasteiger partial charge in [-0.2, -0.15) is 0 Å². The third-order valence-corrected chi connectivity index (χ3v) is 5.18. The molecule has 0 saturated heterocycles. The van der Waals surface area contributed by atoms with E-state index in [-0.39, 0.29) is 0 Å². The van der Waals surface area contributed by atoms with Crippen LogP contribution in [0.4, 0.5) is 0 Å². The third-order valence-electron chi connectivity index (χ3n) is 5.18. The van der Waals surface area contributed by atoms with E-state index in [2.05, 4.69) is 0 Å². The molecule has 0 fully saturated rings. The Morgan fingerprint density at radius 3 is 1.29 bits per heavy atom. The Balaban J connectivity index is 1.99. The summed E-state index contributed by atoms with van der Waals surface area (Å²) in [6.45, 7) is 0. The van der Waals surface area contributed by atoms with Gasteiger partial charge in [-0.25, -0.2) is 0 Å². The predicted octanol–water partition coefficient (Wildman–Crippen LogP) is 5.03. The van der Waals surface area contributed by atoms with Crippen molar-refractivity contribution in [2.24, 2.45) is 0 Å². The van der Waals surface area contributed by atoms with Gasteiger partial charge in [-0.15, -0.1) is 0 Å². The van der Waals surface area contributed by atoms with Gasteiger partial charge >= 0.3 is 11.9 Å². The molecule has 0 aliphatic heterocycles. The summed E-state index contributed by atoms with van der Waals surface area (Å²) in [5, 5.41) is 23.4. The van der Waals surface area contributed by atoms with E-state index in [1.165, 1.54) is 0 Å². The molecule has 2 N–H and O–H groups in total. The van der Waals surface area contributed by atoms with Crippen molar-refractivity contribution in [1.82, 2.24) is 0 Å². The summed E-state index contributed by atoms with van der Waals surface area (Å²) in [5.41, 5.74) is 1.01. The van der Waals surface area contributed by atoms with E-state index in [9.17, 15) is 19.8 Å². The summed E-state index contributed by atoms with van der Waals surface area (Å²) in [4.78, 5) is 24.7. The molecule has 0 aromatic heterocycles. The Morgan fingerprint density at radius 2 is 0.893 bits per heavy atom. The molecule has 0 radical (unpaired) electrons. The molecule has 4 aromatic carbocycles. The molecule has 0 saturated carbocycles. The van der Waals surface area contributed by atoms with Crippen LogP contribution in [0.25, 0.3) is 21.5 Å². The quantitative estimate of drug-likeness (QED) is 0.517. The van der Waals surface area contributed by atoms with Gasteiger partial charge < -0.3 is 10.2 Å². The maximum atomic E-state index is 12.3. The Kier molecular flexibility index (Phi) is 4.53. The van der Waals surface area contributed by atoms with Crippen LogP contribution in [0.15, 0.2) is 84.9 Å². The highest BCUT2D eigenvalue weighted by Gasteiger charge is 2.38. The van der Waals surface area contributed by atoms with Crippen molar-refractivity contribution >= 4 is 33.5 Å². The normalized spacial score (nSPS) is 13.3. The smallest absolute Gasteiger partial charge is 0.312 e. The highest BCUT2D eigenvalue weighted by Crippen LogP contribution is 2.39. The van der Waals surface area contributed by atoms with Gasteiger partial charge in [0.15, 0.2) is 0 Å². The number of hydrogen-bond acceptors (Lipinski definition) is 2. The number of aliphatic carboxylic acids is 2. The Morgan fingerprint density at radius 1 is 0.536 bits per heavy atom. The predicted molar refractivity (Wildman–Crippen MR) is 109 cm³/mol. The van der Waals surface area contributed by atoms with Crippen LogP contribution in [0.3, 0.4) is 0 Å². The van der Waals surface area contributed by atoms with Crippen molar-refractivity contribution in [2.75, 3.05) is 0 Å². The molecule has 4 nitrogen and oxygen atoms in total. The van der Waals surface area contributed by atoms with Crippen LogP contribution in [0.1, 0.15) is 23.0 Å². The van der Waals surface area contributed by atoms with Crippen molar-refractivity contribution < 1.29 is 19.8 Å². The van der Waals surface area contributed by atoms with Crippen molar-refractivity contribution in [3.05, 3.63) is 96.1 Å². The fourth-order valence-corrected chi connectivity index (χ4v) is 3.95. The average Bonchev–Trinajstić information content (AvgIpc) is 2.71. The number of benzene rings is 4. The van der Waals surface area contributed by atoms with Gasteiger partial charge in [0.2, 0.25) is 0 Å². The lowest BCUT2D eigenvalue weighted by atomic mass is 9.78. The summed E-state index contributed by atoms with van der Waals surface area (Å²) in [6, 6.07) is 25.6. The van der Waals surface area contributed by atoms with Crippen molar-refractivity contribution in [3.63, 3.8) is 0 Å². The van der Waals surface area contributed by atoms with Crippen LogP contribution in [0.5, 0.6) is 0 Å². The number of hydrogen-bond donors (Lipinski definition) is 2. The lowest BCUT2D eigenvalue weighted by molar-refractivity contribution is -0.147. The lowest BCUT2D eigenvalue weighted by Gasteiger charge is -2.24. The van der Waals surface area contributed by atoms with E-state index in [4.69, 9.17) is 0 Å². The zero-order valence-electron chi connectivity index (χ0n) is 14.9. The van der Waals surface area contributed by atoms with Gasteiger partial charge in [-0.1, -0.05) is 84.9 Å². The number of carboxylic acid groups (broad SMARTS) is 2. The summed E-state index contributed by atoms with van der Waals surface area (Å²) in [7, 11) is 0. The van der Waals surface area contributed by atoms with Crippen LogP contribution < -0.4 is 0 Å². The van der Waals surface area contributed by atoms with Crippen LogP contribution in [-0.4, -0.2) is 22.2 Å². The fraction of sp³-hybridized carbons (Fsp3) is 0.0833. The first kappa shape index (κ1) is 17.7. The minimum absolute atomic E-state index is 0.505. The van der Waals surface area contributed by atoms with Crippen LogP contribution in [0, 0.1) is 0 Å². The molecule has 4 rings (SSSR count). The SMILES string of the molecule is O=C(O)C(c1cccc2ccccc12)C(C(=O)O)c1cccc2ccccc12. The lowest BCUT2D eigenvalue weighted by Crippen LogP contribution is -2.26. The van der Waals surface area contributed by atoms with E-state index >= 15 is 0 Å². The maximum absolute atomic E-state index is 12.3. The van der Waals surface area contributed by atoms with Crippen molar-refractivity contribution in [1.29, 1.82) is 0 Å². The van der Waals surface area contributed by atoms with Crippen LogP contribution in [-0.2, 0) is 9.59 Å². The molecular weight excluding hydrogens is 352 g/mol. The zero-order chi connectivity index (χ0) is 19.7. The Bertz CT molecular complexity index is 1090. The molecule has 0 heterocycles. The van der Waals surface area contributed by atoms with Gasteiger partial charge in [0, 0.05) is 0 Å². The van der Waals surface area contributed by atoms with Crippen LogP contribution in [0.2, 0.25) is 0 Å². The molecule has 0 amide bonds. The molecule has 0 aliphatic carbocycles. The number of carboxylic acids is 2. The van der Waals surface area contributed by atoms with Gasteiger partial charge in [0.05, 0.1) is 11.8 Å². The zero-order valence-corrected chi connectivity index (χ0v) is 14.9. The van der Waals surface area contributed by atoms with Gasteiger partial charge in [0.25, 0.3) is 0 Å². The maximum Gasteiger partial charge on any atom is 0.312 e. The van der Waals surface area contributed by atoms with E-state index in [0.29, 0.717) is 11.1 Å². The second kappa shape index (κ2) is 7.16. The van der Waals surface area contributed by atoms with Gasteiger partial charge in [-0.3, -0.25) is 9.59 Å². The summed E-state index contributed by atoms with van der Waals surface area (Å²) < 4.78 is 0. The van der Waals surface area contributed by atoms with Crippen molar-refractivity contribution in [2.45, 2.75) is 11.8 Å². The highest BCUT2D eigenvalue weighted by atomic mass is 16.4. The number of carbonyl (C=O) groups is 2. The fourth-order valence-electron chi connectivity index (χ4n) is 3.95. The standard InChI is InChI=1S/C24H18O4/c25-23(26)21(19-13-5-9-15-7-1-3-11-17(15)19)22(24(27)28)20-14-6-10-16-8-2-4-12-18(16)20/h1-14,21-22H,(H,25,26)(H,27,28). The molecule has 0 bridgehead atoms. The number of fused-ring (bicyclic) bond motifs is 2. The molecule has 2 atom stereocenters.